The third-order valence-electron chi connectivity index (χ3n) is 2.44. The first-order valence-electron chi connectivity index (χ1n) is 5.04. The lowest BCUT2D eigenvalue weighted by Crippen LogP contribution is -2.04. The lowest BCUT2D eigenvalue weighted by Gasteiger charge is -2.10. The molecule has 0 radical (unpaired) electrons. The summed E-state index contributed by atoms with van der Waals surface area (Å²) in [5.41, 5.74) is 12.8. The number of anilines is 2. The van der Waals surface area contributed by atoms with Crippen molar-refractivity contribution in [3.63, 3.8) is 0 Å². The zero-order chi connectivity index (χ0) is 12.4. The molecule has 0 bridgehead atoms. The van der Waals surface area contributed by atoms with E-state index in [4.69, 9.17) is 16.2 Å². The number of fused-ring (bicyclic) bond motifs is 1. The van der Waals surface area contributed by atoms with Gasteiger partial charge < -0.3 is 16.2 Å². The molecule has 2 aromatic rings. The Bertz CT molecular complexity index is 597. The molecule has 2 rings (SSSR count). The van der Waals surface area contributed by atoms with Gasteiger partial charge in [-0.3, -0.25) is 0 Å². The molecule has 0 aliphatic heterocycles. The van der Waals surface area contributed by atoms with E-state index in [-0.39, 0.29) is 0 Å². The number of rotatable bonds is 2. The van der Waals surface area contributed by atoms with Gasteiger partial charge in [0.25, 0.3) is 0 Å². The Morgan fingerprint density at radius 1 is 1.18 bits per heavy atom. The number of hydrogen-bond donors (Lipinski definition) is 2. The average Bonchev–Trinajstić information content (AvgIpc) is 2.32. The maximum Gasteiger partial charge on any atom is 0.335 e. The minimum Gasteiger partial charge on any atom is -0.423 e. The lowest BCUT2D eigenvalue weighted by molar-refractivity contribution is -0.128. The summed E-state index contributed by atoms with van der Waals surface area (Å²) in [5, 5.41) is 1.40. The minimum absolute atomic E-state index is 0.423. The van der Waals surface area contributed by atoms with Crippen LogP contribution >= 0.6 is 0 Å². The van der Waals surface area contributed by atoms with E-state index in [1.54, 1.807) is 30.3 Å². The molecule has 0 aliphatic rings. The molecule has 0 saturated carbocycles. The molecule has 17 heavy (non-hydrogen) atoms. The van der Waals surface area contributed by atoms with Crippen LogP contribution in [0.5, 0.6) is 5.75 Å². The second-order valence-electron chi connectivity index (χ2n) is 3.55. The Morgan fingerprint density at radius 3 is 2.59 bits per heavy atom. The predicted octanol–water partition coefficient (Wildman–Crippen LogP) is 2.10. The van der Waals surface area contributed by atoms with Crippen LogP contribution < -0.4 is 16.2 Å². The van der Waals surface area contributed by atoms with Crippen molar-refractivity contribution in [2.75, 3.05) is 11.5 Å². The first-order valence-corrected chi connectivity index (χ1v) is 5.04. The fraction of sp³-hybridized carbons (Fsp3) is 0. The van der Waals surface area contributed by atoms with Gasteiger partial charge in [0.1, 0.15) is 5.75 Å². The molecule has 0 spiro atoms. The van der Waals surface area contributed by atoms with E-state index in [0.717, 1.165) is 6.08 Å². The Labute approximate surface area is 98.5 Å². The summed E-state index contributed by atoms with van der Waals surface area (Å²) in [6.45, 7) is 3.35. The molecular formula is C13H12N2O2. The van der Waals surface area contributed by atoms with Crippen molar-refractivity contribution in [2.45, 2.75) is 0 Å². The molecule has 0 fully saturated rings. The zero-order valence-electron chi connectivity index (χ0n) is 9.14. The Morgan fingerprint density at radius 2 is 1.88 bits per heavy atom. The topological polar surface area (TPSA) is 78.3 Å². The van der Waals surface area contributed by atoms with Crippen LogP contribution in [0.2, 0.25) is 0 Å². The fourth-order valence-electron chi connectivity index (χ4n) is 1.68. The SMILES string of the molecule is C=CC(=O)Oc1ccc(N)c2c(N)cccc12. The van der Waals surface area contributed by atoms with Crippen LogP contribution in [0.15, 0.2) is 43.0 Å². The lowest BCUT2D eigenvalue weighted by atomic mass is 10.1. The summed E-state index contributed by atoms with van der Waals surface area (Å²) in [7, 11) is 0. The molecule has 0 aliphatic carbocycles. The summed E-state index contributed by atoms with van der Waals surface area (Å²) in [5.74, 6) is -0.0927. The smallest absolute Gasteiger partial charge is 0.335 e. The van der Waals surface area contributed by atoms with E-state index >= 15 is 0 Å². The maximum atomic E-state index is 11.2. The third kappa shape index (κ3) is 1.92. The average molecular weight is 228 g/mol. The molecule has 4 nitrogen and oxygen atoms in total. The molecule has 4 heteroatoms. The number of carbonyl (C=O) groups is 1. The van der Waals surface area contributed by atoms with Gasteiger partial charge >= 0.3 is 5.97 Å². The van der Waals surface area contributed by atoms with Crippen LogP contribution in [-0.2, 0) is 4.79 Å². The zero-order valence-corrected chi connectivity index (χ0v) is 9.14. The second-order valence-corrected chi connectivity index (χ2v) is 3.55. The van der Waals surface area contributed by atoms with Gasteiger partial charge in [-0.1, -0.05) is 18.7 Å². The van der Waals surface area contributed by atoms with Crippen LogP contribution in [0.1, 0.15) is 0 Å². The molecule has 0 unspecified atom stereocenters. The molecule has 4 N–H and O–H groups in total. The largest absolute Gasteiger partial charge is 0.423 e. The summed E-state index contributed by atoms with van der Waals surface area (Å²) in [6.07, 6.45) is 1.11. The van der Waals surface area contributed by atoms with E-state index in [1.807, 2.05) is 0 Å². The molecule has 86 valence electrons. The van der Waals surface area contributed by atoms with Gasteiger partial charge in [0, 0.05) is 28.2 Å². The van der Waals surface area contributed by atoms with Gasteiger partial charge in [-0.2, -0.15) is 0 Å². The minimum atomic E-state index is -0.515. The molecule has 0 aromatic heterocycles. The predicted molar refractivity (Wildman–Crippen MR) is 68.6 cm³/mol. The van der Waals surface area contributed by atoms with E-state index in [0.29, 0.717) is 27.9 Å². The van der Waals surface area contributed by atoms with E-state index in [2.05, 4.69) is 6.58 Å². The van der Waals surface area contributed by atoms with Gasteiger partial charge in [-0.15, -0.1) is 0 Å². The number of hydrogen-bond acceptors (Lipinski definition) is 4. The number of nitrogen functional groups attached to an aromatic ring is 2. The van der Waals surface area contributed by atoms with Crippen molar-refractivity contribution in [3.8, 4) is 5.75 Å². The first kappa shape index (κ1) is 11.0. The molecular weight excluding hydrogens is 216 g/mol. The third-order valence-corrected chi connectivity index (χ3v) is 2.44. The van der Waals surface area contributed by atoms with Crippen molar-refractivity contribution < 1.29 is 9.53 Å². The van der Waals surface area contributed by atoms with Gasteiger partial charge in [-0.25, -0.2) is 4.79 Å². The Hall–Kier alpha value is -2.49. The van der Waals surface area contributed by atoms with Crippen molar-refractivity contribution in [1.29, 1.82) is 0 Å². The number of carbonyl (C=O) groups excluding carboxylic acids is 1. The summed E-state index contributed by atoms with van der Waals surface area (Å²) >= 11 is 0. The highest BCUT2D eigenvalue weighted by atomic mass is 16.5. The maximum absolute atomic E-state index is 11.2. The van der Waals surface area contributed by atoms with Crippen LogP contribution in [0.25, 0.3) is 10.8 Å². The number of esters is 1. The van der Waals surface area contributed by atoms with Gasteiger partial charge in [0.2, 0.25) is 0 Å². The highest BCUT2D eigenvalue weighted by Gasteiger charge is 2.09. The van der Waals surface area contributed by atoms with Crippen LogP contribution in [0, 0.1) is 0 Å². The normalized spacial score (nSPS) is 10.1. The van der Waals surface area contributed by atoms with Crippen LogP contribution in [-0.4, -0.2) is 5.97 Å². The number of nitrogens with two attached hydrogens (primary N) is 2. The quantitative estimate of drug-likeness (QED) is 0.357. The highest BCUT2D eigenvalue weighted by molar-refractivity contribution is 6.05. The monoisotopic (exact) mass is 228 g/mol. The number of ether oxygens (including phenoxy) is 1. The molecule has 2 aromatic carbocycles. The van der Waals surface area contributed by atoms with E-state index < -0.39 is 5.97 Å². The van der Waals surface area contributed by atoms with E-state index in [9.17, 15) is 4.79 Å². The highest BCUT2D eigenvalue weighted by Crippen LogP contribution is 2.33. The molecule has 0 amide bonds. The molecule has 0 saturated heterocycles. The Kier molecular flexibility index (Phi) is 2.70. The summed E-state index contributed by atoms with van der Waals surface area (Å²) in [4.78, 5) is 11.2. The van der Waals surface area contributed by atoms with Gasteiger partial charge in [-0.05, 0) is 18.2 Å². The van der Waals surface area contributed by atoms with Crippen LogP contribution in [0.4, 0.5) is 11.4 Å². The van der Waals surface area contributed by atoms with Crippen molar-refractivity contribution >= 4 is 28.1 Å². The van der Waals surface area contributed by atoms with E-state index in [1.165, 1.54) is 0 Å². The summed E-state index contributed by atoms with van der Waals surface area (Å²) in [6, 6.07) is 8.62. The van der Waals surface area contributed by atoms with Gasteiger partial charge in [0.05, 0.1) is 0 Å². The van der Waals surface area contributed by atoms with Crippen molar-refractivity contribution in [2.24, 2.45) is 0 Å². The van der Waals surface area contributed by atoms with Gasteiger partial charge in [0.15, 0.2) is 0 Å². The summed E-state index contributed by atoms with van der Waals surface area (Å²) < 4.78 is 5.12. The first-order chi connectivity index (χ1) is 8.13. The number of benzene rings is 2. The van der Waals surface area contributed by atoms with Crippen molar-refractivity contribution in [1.82, 2.24) is 0 Å². The molecule has 0 heterocycles. The molecule has 0 atom stereocenters. The van der Waals surface area contributed by atoms with Crippen LogP contribution in [0.3, 0.4) is 0 Å². The second kappa shape index (κ2) is 4.17. The standard InChI is InChI=1S/C13H12N2O2/c1-2-12(16)17-11-7-6-10(15)13-8(11)4-3-5-9(13)14/h2-7H,1,14-15H2. The fourth-order valence-corrected chi connectivity index (χ4v) is 1.68. The Balaban J connectivity index is 2.66. The van der Waals surface area contributed by atoms with Crippen molar-refractivity contribution in [3.05, 3.63) is 43.0 Å².